The van der Waals surface area contributed by atoms with Crippen LogP contribution in [-0.4, -0.2) is 12.1 Å². The van der Waals surface area contributed by atoms with Crippen LogP contribution in [0.15, 0.2) is 23.3 Å². The van der Waals surface area contributed by atoms with Crippen molar-refractivity contribution in [1.29, 1.82) is 0 Å². The van der Waals surface area contributed by atoms with Gasteiger partial charge >= 0.3 is 0 Å². The summed E-state index contributed by atoms with van der Waals surface area (Å²) in [5.41, 5.74) is 3.76. The van der Waals surface area contributed by atoms with E-state index in [1.807, 2.05) is 0 Å². The van der Waals surface area contributed by atoms with Crippen LogP contribution in [0.1, 0.15) is 15.9 Å². The molecular formula is C8H4FN2O. The minimum absolute atomic E-state index is 0.220. The van der Waals surface area contributed by atoms with Crippen molar-refractivity contribution in [2.24, 2.45) is 5.10 Å². The molecule has 0 bridgehead atoms. The predicted molar refractivity (Wildman–Crippen MR) is 40.5 cm³/mol. The Morgan fingerprint density at radius 1 is 1.33 bits per heavy atom. The van der Waals surface area contributed by atoms with Crippen molar-refractivity contribution in [2.45, 2.75) is 0 Å². The molecule has 1 aromatic rings. The molecule has 0 saturated carbocycles. The molecule has 4 heteroatoms. The number of nitrogens with zero attached hydrogens (tertiary/aromatic N) is 2. The predicted octanol–water partition coefficient (Wildman–Crippen LogP) is 0.918. The second kappa shape index (κ2) is 2.41. The number of amides is 1. The molecule has 0 fully saturated rings. The zero-order chi connectivity index (χ0) is 8.55. The molecule has 1 amide bonds. The van der Waals surface area contributed by atoms with Gasteiger partial charge in [-0.2, -0.15) is 5.10 Å². The lowest BCUT2D eigenvalue weighted by Crippen LogP contribution is -2.18. The van der Waals surface area contributed by atoms with Crippen LogP contribution in [0.3, 0.4) is 0 Å². The van der Waals surface area contributed by atoms with Gasteiger partial charge in [-0.05, 0) is 12.1 Å². The van der Waals surface area contributed by atoms with Crippen molar-refractivity contribution in [3.8, 4) is 0 Å². The van der Waals surface area contributed by atoms with E-state index in [9.17, 15) is 9.18 Å². The second-order valence-corrected chi connectivity index (χ2v) is 2.35. The van der Waals surface area contributed by atoms with Crippen molar-refractivity contribution >= 4 is 12.1 Å². The van der Waals surface area contributed by atoms with E-state index in [1.165, 1.54) is 24.4 Å². The van der Waals surface area contributed by atoms with Crippen LogP contribution >= 0.6 is 0 Å². The third-order valence-electron chi connectivity index (χ3n) is 1.62. The number of carbonyl (C=O) groups is 1. The van der Waals surface area contributed by atoms with Crippen molar-refractivity contribution < 1.29 is 9.18 Å². The molecule has 1 aromatic carbocycles. The highest BCUT2D eigenvalue weighted by atomic mass is 19.1. The minimum atomic E-state index is -0.494. The van der Waals surface area contributed by atoms with E-state index in [-0.39, 0.29) is 11.1 Å². The van der Waals surface area contributed by atoms with Crippen LogP contribution in [0.4, 0.5) is 4.39 Å². The van der Waals surface area contributed by atoms with Gasteiger partial charge < -0.3 is 0 Å². The Morgan fingerprint density at radius 3 is 2.92 bits per heavy atom. The number of fused-ring (bicyclic) bond motifs is 1. The summed E-state index contributed by atoms with van der Waals surface area (Å²) in [6.45, 7) is 0. The number of halogens is 1. The van der Waals surface area contributed by atoms with Crippen LogP contribution in [0, 0.1) is 5.82 Å². The Bertz CT molecular complexity index is 373. The molecule has 12 heavy (non-hydrogen) atoms. The summed E-state index contributed by atoms with van der Waals surface area (Å²) in [6.07, 6.45) is 1.24. The maximum Gasteiger partial charge on any atom is 0.296 e. The third-order valence-corrected chi connectivity index (χ3v) is 1.62. The molecule has 59 valence electrons. The largest absolute Gasteiger partial charge is 0.296 e. The molecule has 0 N–H and O–H groups in total. The Labute approximate surface area is 67.9 Å². The van der Waals surface area contributed by atoms with E-state index in [4.69, 9.17) is 0 Å². The lowest BCUT2D eigenvalue weighted by molar-refractivity contribution is 0.0947. The van der Waals surface area contributed by atoms with E-state index in [0.717, 1.165) is 0 Å². The van der Waals surface area contributed by atoms with Crippen LogP contribution in [0.5, 0.6) is 0 Å². The van der Waals surface area contributed by atoms with Gasteiger partial charge in [-0.1, -0.05) is 6.07 Å². The van der Waals surface area contributed by atoms with Gasteiger partial charge in [0, 0.05) is 5.56 Å². The summed E-state index contributed by atoms with van der Waals surface area (Å²) < 4.78 is 13.0. The first kappa shape index (κ1) is 6.97. The summed E-state index contributed by atoms with van der Waals surface area (Å²) >= 11 is 0. The van der Waals surface area contributed by atoms with Gasteiger partial charge in [-0.3, -0.25) is 4.79 Å². The summed E-state index contributed by atoms with van der Waals surface area (Å²) in [5, 5.41) is 3.37. The molecule has 0 atom stereocenters. The SMILES string of the molecule is O=C1[N]N=Cc2c(F)cccc21. The number of carbonyl (C=O) groups excluding carboxylic acids is 1. The lowest BCUT2D eigenvalue weighted by Gasteiger charge is -2.06. The fourth-order valence-corrected chi connectivity index (χ4v) is 1.05. The van der Waals surface area contributed by atoms with Crippen molar-refractivity contribution in [3.63, 3.8) is 0 Å². The van der Waals surface area contributed by atoms with Crippen molar-refractivity contribution in [2.75, 3.05) is 0 Å². The molecule has 0 spiro atoms. The molecule has 1 heterocycles. The van der Waals surface area contributed by atoms with Crippen LogP contribution in [0.2, 0.25) is 0 Å². The molecule has 1 aliphatic heterocycles. The average molecular weight is 163 g/mol. The number of benzene rings is 1. The average Bonchev–Trinajstić information content (AvgIpc) is 2.07. The molecule has 3 nitrogen and oxygen atoms in total. The fraction of sp³-hybridized carbons (Fsp3) is 0. The summed E-state index contributed by atoms with van der Waals surface area (Å²) in [6, 6.07) is 4.28. The highest BCUT2D eigenvalue weighted by molar-refractivity contribution is 6.04. The Kier molecular flexibility index (Phi) is 1.40. The Balaban J connectivity index is 2.69. The topological polar surface area (TPSA) is 43.5 Å². The van der Waals surface area contributed by atoms with Crippen LogP contribution in [0.25, 0.3) is 0 Å². The van der Waals surface area contributed by atoms with Gasteiger partial charge in [0.1, 0.15) is 5.82 Å². The number of rotatable bonds is 0. The summed E-state index contributed by atoms with van der Waals surface area (Å²) in [4.78, 5) is 11.0. The maximum absolute atomic E-state index is 13.0. The van der Waals surface area contributed by atoms with Gasteiger partial charge in [0.25, 0.3) is 5.91 Å². The molecule has 0 aliphatic carbocycles. The fourth-order valence-electron chi connectivity index (χ4n) is 1.05. The zero-order valence-electron chi connectivity index (χ0n) is 5.99. The first-order chi connectivity index (χ1) is 5.79. The first-order valence-corrected chi connectivity index (χ1v) is 3.36. The van der Waals surface area contributed by atoms with Gasteiger partial charge in [0.2, 0.25) is 0 Å². The molecule has 2 rings (SSSR count). The molecule has 0 saturated heterocycles. The van der Waals surface area contributed by atoms with E-state index >= 15 is 0 Å². The van der Waals surface area contributed by atoms with E-state index in [1.54, 1.807) is 0 Å². The molecule has 1 radical (unpaired) electrons. The quantitative estimate of drug-likeness (QED) is 0.560. The first-order valence-electron chi connectivity index (χ1n) is 3.36. The van der Waals surface area contributed by atoms with Gasteiger partial charge in [-0.15, -0.1) is 5.43 Å². The molecular weight excluding hydrogens is 159 g/mol. The Morgan fingerprint density at radius 2 is 2.17 bits per heavy atom. The third kappa shape index (κ3) is 0.887. The Hall–Kier alpha value is -1.71. The van der Waals surface area contributed by atoms with Gasteiger partial charge in [-0.25, -0.2) is 4.39 Å². The molecule has 1 aliphatic rings. The maximum atomic E-state index is 13.0. The second-order valence-electron chi connectivity index (χ2n) is 2.35. The number of hydrogen-bond acceptors (Lipinski definition) is 2. The molecule has 0 aromatic heterocycles. The van der Waals surface area contributed by atoms with E-state index in [2.05, 4.69) is 10.5 Å². The lowest BCUT2D eigenvalue weighted by atomic mass is 10.1. The van der Waals surface area contributed by atoms with E-state index in [0.29, 0.717) is 0 Å². The standard InChI is InChI=1S/C8H4FN2O/c9-7-3-1-2-5-6(7)4-10-11-8(5)12/h1-4H. The zero-order valence-corrected chi connectivity index (χ0v) is 5.99. The van der Waals surface area contributed by atoms with Crippen LogP contribution < -0.4 is 5.43 Å². The van der Waals surface area contributed by atoms with E-state index < -0.39 is 11.7 Å². The highest BCUT2D eigenvalue weighted by Crippen LogP contribution is 2.13. The van der Waals surface area contributed by atoms with Crippen molar-refractivity contribution in [1.82, 2.24) is 5.43 Å². The minimum Gasteiger partial charge on any atom is -0.265 e. The van der Waals surface area contributed by atoms with Gasteiger partial charge in [0.05, 0.1) is 11.8 Å². The smallest absolute Gasteiger partial charge is 0.265 e. The van der Waals surface area contributed by atoms with Gasteiger partial charge in [0.15, 0.2) is 0 Å². The normalized spacial score (nSPS) is 13.9. The highest BCUT2D eigenvalue weighted by Gasteiger charge is 2.17. The summed E-state index contributed by atoms with van der Waals surface area (Å²) in [5.74, 6) is -0.938. The molecule has 0 unspecified atom stereocenters. The van der Waals surface area contributed by atoms with Crippen LogP contribution in [-0.2, 0) is 0 Å². The number of hydrogen-bond donors (Lipinski definition) is 0. The monoisotopic (exact) mass is 163 g/mol. The van der Waals surface area contributed by atoms with Crippen molar-refractivity contribution in [3.05, 3.63) is 35.1 Å². The summed E-state index contributed by atoms with van der Waals surface area (Å²) in [7, 11) is 0.